The zero-order chi connectivity index (χ0) is 11.3. The minimum atomic E-state index is -0.717. The number of carbonyl (C=O) groups is 1. The van der Waals surface area contributed by atoms with Crippen LogP contribution in [-0.4, -0.2) is 60.1 Å². The first-order valence-corrected chi connectivity index (χ1v) is 5.78. The number of nitrogens with zero attached hydrogens (tertiary/aromatic N) is 2. The molecule has 1 N–H and O–H groups in total. The van der Waals surface area contributed by atoms with Crippen LogP contribution in [0, 0.1) is 5.92 Å². The van der Waals surface area contributed by atoms with Crippen molar-refractivity contribution in [2.75, 3.05) is 39.3 Å². The van der Waals surface area contributed by atoms with Crippen LogP contribution in [0.4, 0.5) is 0 Å². The molecule has 88 valence electrons. The Hall–Kier alpha value is -0.610. The van der Waals surface area contributed by atoms with Crippen molar-refractivity contribution in [3.63, 3.8) is 0 Å². The van der Waals surface area contributed by atoms with E-state index >= 15 is 0 Å². The van der Waals surface area contributed by atoms with Gasteiger partial charge < -0.3 is 10.0 Å². The standard InChI is InChI=1S/C11H22N2O2/c1-3-10(2)8-12-4-6-13(7-5-12)9-11(14)15/h10H,3-9H2,1-2H3,(H,14,15). The number of aliphatic carboxylic acids is 1. The fourth-order valence-electron chi connectivity index (χ4n) is 1.89. The van der Waals surface area contributed by atoms with Crippen LogP contribution in [0.5, 0.6) is 0 Å². The molecule has 0 amide bonds. The van der Waals surface area contributed by atoms with E-state index in [1.165, 1.54) is 6.42 Å². The molecule has 1 aliphatic heterocycles. The smallest absolute Gasteiger partial charge is 0.317 e. The Labute approximate surface area is 91.9 Å². The van der Waals surface area contributed by atoms with Crippen LogP contribution in [0.2, 0.25) is 0 Å². The molecule has 0 spiro atoms. The van der Waals surface area contributed by atoms with Gasteiger partial charge >= 0.3 is 5.97 Å². The van der Waals surface area contributed by atoms with E-state index in [0.717, 1.165) is 38.6 Å². The van der Waals surface area contributed by atoms with Crippen LogP contribution in [0.1, 0.15) is 20.3 Å². The second-order valence-corrected chi connectivity index (χ2v) is 4.48. The molecule has 1 atom stereocenters. The van der Waals surface area contributed by atoms with Gasteiger partial charge in [0.15, 0.2) is 0 Å². The van der Waals surface area contributed by atoms with Crippen molar-refractivity contribution in [1.82, 2.24) is 9.80 Å². The van der Waals surface area contributed by atoms with Gasteiger partial charge in [-0.15, -0.1) is 0 Å². The lowest BCUT2D eigenvalue weighted by atomic mass is 10.1. The molecule has 0 aliphatic carbocycles. The molecule has 0 bridgehead atoms. The summed E-state index contributed by atoms with van der Waals surface area (Å²) in [4.78, 5) is 15.0. The minimum absolute atomic E-state index is 0.192. The van der Waals surface area contributed by atoms with E-state index in [2.05, 4.69) is 18.7 Å². The molecule has 1 saturated heterocycles. The second kappa shape index (κ2) is 6.08. The van der Waals surface area contributed by atoms with E-state index < -0.39 is 5.97 Å². The largest absolute Gasteiger partial charge is 0.480 e. The van der Waals surface area contributed by atoms with Gasteiger partial charge in [0.1, 0.15) is 0 Å². The fourth-order valence-corrected chi connectivity index (χ4v) is 1.89. The van der Waals surface area contributed by atoms with Gasteiger partial charge in [-0.3, -0.25) is 9.69 Å². The van der Waals surface area contributed by atoms with Crippen LogP contribution in [0.15, 0.2) is 0 Å². The van der Waals surface area contributed by atoms with Crippen molar-refractivity contribution < 1.29 is 9.90 Å². The zero-order valence-electron chi connectivity index (χ0n) is 9.78. The summed E-state index contributed by atoms with van der Waals surface area (Å²) in [5.41, 5.74) is 0. The Kier molecular flexibility index (Phi) is 5.05. The molecule has 1 rings (SSSR count). The molecule has 0 aromatic rings. The van der Waals surface area contributed by atoms with E-state index in [4.69, 9.17) is 5.11 Å². The van der Waals surface area contributed by atoms with E-state index in [0.29, 0.717) is 0 Å². The second-order valence-electron chi connectivity index (χ2n) is 4.48. The lowest BCUT2D eigenvalue weighted by Gasteiger charge is -2.34. The van der Waals surface area contributed by atoms with E-state index in [9.17, 15) is 4.79 Å². The summed E-state index contributed by atoms with van der Waals surface area (Å²) in [6.07, 6.45) is 1.22. The topological polar surface area (TPSA) is 43.8 Å². The van der Waals surface area contributed by atoms with Gasteiger partial charge in [0, 0.05) is 32.7 Å². The fraction of sp³-hybridized carbons (Fsp3) is 0.909. The molecule has 0 aromatic heterocycles. The summed E-state index contributed by atoms with van der Waals surface area (Å²) < 4.78 is 0. The van der Waals surface area contributed by atoms with Crippen molar-refractivity contribution in [2.24, 2.45) is 5.92 Å². The van der Waals surface area contributed by atoms with E-state index in [-0.39, 0.29) is 6.54 Å². The maximum Gasteiger partial charge on any atom is 0.317 e. The van der Waals surface area contributed by atoms with Crippen molar-refractivity contribution in [3.8, 4) is 0 Å². The highest BCUT2D eigenvalue weighted by Crippen LogP contribution is 2.07. The monoisotopic (exact) mass is 214 g/mol. The third-order valence-electron chi connectivity index (χ3n) is 3.09. The average molecular weight is 214 g/mol. The molecule has 0 aromatic carbocycles. The molecule has 0 saturated carbocycles. The predicted molar refractivity (Wildman–Crippen MR) is 60.0 cm³/mol. The molecule has 0 radical (unpaired) electrons. The number of rotatable bonds is 5. The number of carboxylic acids is 1. The van der Waals surface area contributed by atoms with Gasteiger partial charge in [-0.25, -0.2) is 0 Å². The molecule has 1 aliphatic rings. The first kappa shape index (κ1) is 12.5. The molecule has 1 fully saturated rings. The number of carboxylic acid groups (broad SMARTS) is 1. The molecular formula is C11H22N2O2. The van der Waals surface area contributed by atoms with Crippen LogP contribution >= 0.6 is 0 Å². The van der Waals surface area contributed by atoms with Gasteiger partial charge in [-0.05, 0) is 5.92 Å². The average Bonchev–Trinajstić information content (AvgIpc) is 2.20. The van der Waals surface area contributed by atoms with Crippen molar-refractivity contribution in [2.45, 2.75) is 20.3 Å². The van der Waals surface area contributed by atoms with E-state index in [1.54, 1.807) is 0 Å². The Morgan fingerprint density at radius 2 is 1.80 bits per heavy atom. The van der Waals surface area contributed by atoms with Gasteiger partial charge in [0.05, 0.1) is 6.54 Å². The predicted octanol–water partition coefficient (Wildman–Crippen LogP) is 0.735. The summed E-state index contributed by atoms with van der Waals surface area (Å²) in [6, 6.07) is 0. The van der Waals surface area contributed by atoms with Crippen LogP contribution < -0.4 is 0 Å². The number of piperazine rings is 1. The highest BCUT2D eigenvalue weighted by atomic mass is 16.4. The lowest BCUT2D eigenvalue weighted by Crippen LogP contribution is -2.48. The normalized spacial score (nSPS) is 21.5. The van der Waals surface area contributed by atoms with Crippen molar-refractivity contribution >= 4 is 5.97 Å². The number of hydrogen-bond donors (Lipinski definition) is 1. The Bertz CT molecular complexity index is 201. The third-order valence-corrected chi connectivity index (χ3v) is 3.09. The Morgan fingerprint density at radius 3 is 2.27 bits per heavy atom. The molecular weight excluding hydrogens is 192 g/mol. The lowest BCUT2D eigenvalue weighted by molar-refractivity contribution is -0.138. The summed E-state index contributed by atoms with van der Waals surface area (Å²) in [6.45, 7) is 9.63. The third kappa shape index (κ3) is 4.62. The van der Waals surface area contributed by atoms with Crippen molar-refractivity contribution in [1.29, 1.82) is 0 Å². The highest BCUT2D eigenvalue weighted by Gasteiger charge is 2.19. The summed E-state index contributed by atoms with van der Waals surface area (Å²) in [5.74, 6) is 0.0291. The maximum atomic E-state index is 10.5. The quantitative estimate of drug-likeness (QED) is 0.733. The van der Waals surface area contributed by atoms with Crippen molar-refractivity contribution in [3.05, 3.63) is 0 Å². The first-order chi connectivity index (χ1) is 7.11. The Balaban J connectivity index is 2.20. The van der Waals surface area contributed by atoms with Crippen LogP contribution in [-0.2, 0) is 4.79 Å². The molecule has 4 nitrogen and oxygen atoms in total. The first-order valence-electron chi connectivity index (χ1n) is 5.78. The summed E-state index contributed by atoms with van der Waals surface area (Å²) in [5, 5.41) is 8.66. The minimum Gasteiger partial charge on any atom is -0.480 e. The zero-order valence-corrected chi connectivity index (χ0v) is 9.78. The van der Waals surface area contributed by atoms with Gasteiger partial charge in [-0.2, -0.15) is 0 Å². The molecule has 4 heteroatoms. The number of hydrogen-bond acceptors (Lipinski definition) is 3. The maximum absolute atomic E-state index is 10.5. The van der Waals surface area contributed by atoms with E-state index in [1.807, 2.05) is 4.90 Å². The summed E-state index contributed by atoms with van der Waals surface area (Å²) >= 11 is 0. The van der Waals surface area contributed by atoms with Gasteiger partial charge in [-0.1, -0.05) is 20.3 Å². The van der Waals surface area contributed by atoms with Gasteiger partial charge in [0.25, 0.3) is 0 Å². The Morgan fingerprint density at radius 1 is 1.27 bits per heavy atom. The van der Waals surface area contributed by atoms with Crippen LogP contribution in [0.3, 0.4) is 0 Å². The highest BCUT2D eigenvalue weighted by molar-refractivity contribution is 5.69. The summed E-state index contributed by atoms with van der Waals surface area (Å²) in [7, 11) is 0. The molecule has 1 heterocycles. The van der Waals surface area contributed by atoms with Gasteiger partial charge in [0.2, 0.25) is 0 Å². The SMILES string of the molecule is CCC(C)CN1CCN(CC(=O)O)CC1. The molecule has 15 heavy (non-hydrogen) atoms. The van der Waals surface area contributed by atoms with Crippen LogP contribution in [0.25, 0.3) is 0 Å². The molecule has 1 unspecified atom stereocenters.